The van der Waals surface area contributed by atoms with Crippen LogP contribution in [0, 0.1) is 5.82 Å². The first-order valence-corrected chi connectivity index (χ1v) is 7.70. The van der Waals surface area contributed by atoms with Crippen molar-refractivity contribution in [3.63, 3.8) is 0 Å². The summed E-state index contributed by atoms with van der Waals surface area (Å²) in [5.74, 6) is -0.831. The van der Waals surface area contributed by atoms with Crippen LogP contribution in [0.25, 0.3) is 0 Å². The highest BCUT2D eigenvalue weighted by molar-refractivity contribution is 9.10. The molecule has 0 amide bonds. The summed E-state index contributed by atoms with van der Waals surface area (Å²) >= 11 is 4.75. The van der Waals surface area contributed by atoms with Crippen molar-refractivity contribution in [1.29, 1.82) is 0 Å². The van der Waals surface area contributed by atoms with Crippen molar-refractivity contribution >= 4 is 38.9 Å². The summed E-state index contributed by atoms with van der Waals surface area (Å²) < 4.78 is 19.6. The van der Waals surface area contributed by atoms with E-state index in [1.165, 1.54) is 17.4 Å². The number of thiophene rings is 1. The number of hydrogen-bond donors (Lipinski definition) is 1. The molecule has 0 fully saturated rings. The molecule has 1 heterocycles. The van der Waals surface area contributed by atoms with E-state index in [2.05, 4.69) is 21.2 Å². The molecule has 3 nitrogen and oxygen atoms in total. The van der Waals surface area contributed by atoms with Gasteiger partial charge in [0.05, 0.1) is 12.3 Å². The first kappa shape index (κ1) is 15.0. The Morgan fingerprint density at radius 2 is 2.25 bits per heavy atom. The Morgan fingerprint density at radius 3 is 2.85 bits per heavy atom. The van der Waals surface area contributed by atoms with Gasteiger partial charge in [0.1, 0.15) is 5.82 Å². The van der Waals surface area contributed by atoms with Crippen molar-refractivity contribution in [1.82, 2.24) is 0 Å². The molecule has 0 saturated carbocycles. The van der Waals surface area contributed by atoms with Crippen LogP contribution < -0.4 is 5.32 Å². The van der Waals surface area contributed by atoms with Gasteiger partial charge in [0.25, 0.3) is 0 Å². The Kier molecular flexibility index (Phi) is 5.14. The quantitative estimate of drug-likeness (QED) is 0.807. The van der Waals surface area contributed by atoms with Crippen molar-refractivity contribution in [2.75, 3.05) is 11.9 Å². The van der Waals surface area contributed by atoms with Gasteiger partial charge < -0.3 is 10.1 Å². The third kappa shape index (κ3) is 3.58. The first-order valence-electron chi connectivity index (χ1n) is 6.03. The third-order valence-electron chi connectivity index (χ3n) is 2.57. The summed E-state index contributed by atoms with van der Waals surface area (Å²) in [5.41, 5.74) is 0.273. The molecule has 0 spiro atoms. The maximum atomic E-state index is 13.7. The van der Waals surface area contributed by atoms with Crippen molar-refractivity contribution < 1.29 is 13.9 Å². The molecular formula is C14H13BrFNO2S. The van der Waals surface area contributed by atoms with Crippen LogP contribution >= 0.6 is 27.3 Å². The van der Waals surface area contributed by atoms with E-state index < -0.39 is 17.8 Å². The van der Waals surface area contributed by atoms with Crippen LogP contribution in [0.5, 0.6) is 0 Å². The van der Waals surface area contributed by atoms with E-state index in [9.17, 15) is 9.18 Å². The molecule has 0 aliphatic carbocycles. The topological polar surface area (TPSA) is 38.3 Å². The molecule has 20 heavy (non-hydrogen) atoms. The Balaban J connectivity index is 2.27. The predicted octanol–water partition coefficient (Wildman–Crippen LogP) is 4.37. The Hall–Kier alpha value is -1.40. The fourth-order valence-corrected chi connectivity index (χ4v) is 3.17. The summed E-state index contributed by atoms with van der Waals surface area (Å²) in [7, 11) is 0. The van der Waals surface area contributed by atoms with Crippen LogP contribution in [-0.4, -0.2) is 12.6 Å². The molecule has 1 unspecified atom stereocenters. The molecule has 1 aromatic heterocycles. The number of ether oxygens (including phenoxy) is 1. The maximum Gasteiger partial charge on any atom is 0.334 e. The van der Waals surface area contributed by atoms with Crippen molar-refractivity contribution in [2.45, 2.75) is 13.0 Å². The van der Waals surface area contributed by atoms with E-state index >= 15 is 0 Å². The van der Waals surface area contributed by atoms with Gasteiger partial charge in [-0.25, -0.2) is 9.18 Å². The normalized spacial score (nSPS) is 11.9. The van der Waals surface area contributed by atoms with Gasteiger partial charge in [-0.2, -0.15) is 0 Å². The second-order valence-electron chi connectivity index (χ2n) is 3.98. The molecule has 1 aromatic carbocycles. The lowest BCUT2D eigenvalue weighted by Gasteiger charge is -2.17. The van der Waals surface area contributed by atoms with Gasteiger partial charge in [0.2, 0.25) is 0 Å². The largest absolute Gasteiger partial charge is 0.464 e. The average molecular weight is 358 g/mol. The Labute approximate surface area is 128 Å². The van der Waals surface area contributed by atoms with E-state index in [0.717, 1.165) is 9.35 Å². The maximum absolute atomic E-state index is 13.7. The van der Waals surface area contributed by atoms with Crippen LogP contribution in [0.15, 0.2) is 40.2 Å². The minimum absolute atomic E-state index is 0.273. The molecule has 1 atom stereocenters. The van der Waals surface area contributed by atoms with Crippen molar-refractivity contribution in [3.05, 3.63) is 50.9 Å². The van der Waals surface area contributed by atoms with Crippen molar-refractivity contribution in [3.8, 4) is 0 Å². The molecule has 0 bridgehead atoms. The molecule has 0 aliphatic rings. The zero-order chi connectivity index (χ0) is 14.5. The highest BCUT2D eigenvalue weighted by Gasteiger charge is 2.24. The number of benzene rings is 1. The van der Waals surface area contributed by atoms with Gasteiger partial charge in [-0.3, -0.25) is 0 Å². The van der Waals surface area contributed by atoms with E-state index in [0.29, 0.717) is 0 Å². The van der Waals surface area contributed by atoms with Gasteiger partial charge in [-0.1, -0.05) is 12.1 Å². The SMILES string of the molecule is CCOC(=O)C(Nc1ccccc1F)c1cc(Br)cs1. The monoisotopic (exact) mass is 357 g/mol. The fraction of sp³-hybridized carbons (Fsp3) is 0.214. The van der Waals surface area contributed by atoms with Gasteiger partial charge >= 0.3 is 5.97 Å². The Bertz CT molecular complexity index is 602. The summed E-state index contributed by atoms with van der Waals surface area (Å²) in [5, 5.41) is 4.77. The predicted molar refractivity (Wildman–Crippen MR) is 81.4 cm³/mol. The van der Waals surface area contributed by atoms with Crippen molar-refractivity contribution in [2.24, 2.45) is 0 Å². The standard InChI is InChI=1S/C14H13BrFNO2S/c1-2-19-14(18)13(12-7-9(15)8-20-12)17-11-6-4-3-5-10(11)16/h3-8,13,17H,2H2,1H3. The number of carbonyl (C=O) groups excluding carboxylic acids is 1. The van der Waals surface area contributed by atoms with E-state index in [4.69, 9.17) is 4.74 Å². The molecule has 2 rings (SSSR count). The molecule has 2 aromatic rings. The highest BCUT2D eigenvalue weighted by atomic mass is 79.9. The summed E-state index contributed by atoms with van der Waals surface area (Å²) in [6.07, 6.45) is 0. The second kappa shape index (κ2) is 6.85. The number of esters is 1. The Morgan fingerprint density at radius 1 is 1.50 bits per heavy atom. The zero-order valence-electron chi connectivity index (χ0n) is 10.7. The van der Waals surface area contributed by atoms with Gasteiger partial charge in [0, 0.05) is 14.7 Å². The first-order chi connectivity index (χ1) is 9.61. The van der Waals surface area contributed by atoms with Gasteiger partial charge in [0.15, 0.2) is 6.04 Å². The molecule has 0 aliphatic heterocycles. The lowest BCUT2D eigenvalue weighted by Crippen LogP contribution is -2.23. The van der Waals surface area contributed by atoms with Crippen LogP contribution in [0.4, 0.5) is 10.1 Å². The smallest absolute Gasteiger partial charge is 0.334 e. The summed E-state index contributed by atoms with van der Waals surface area (Å²) in [6, 6.07) is 7.34. The summed E-state index contributed by atoms with van der Waals surface area (Å²) in [6.45, 7) is 2.02. The van der Waals surface area contributed by atoms with E-state index in [1.807, 2.05) is 11.4 Å². The molecule has 6 heteroatoms. The highest BCUT2D eigenvalue weighted by Crippen LogP contribution is 2.30. The average Bonchev–Trinajstić information content (AvgIpc) is 2.84. The molecule has 1 N–H and O–H groups in total. The number of hydrogen-bond acceptors (Lipinski definition) is 4. The molecule has 0 saturated heterocycles. The number of halogens is 2. The van der Waals surface area contributed by atoms with Crippen LogP contribution in [-0.2, 0) is 9.53 Å². The van der Waals surface area contributed by atoms with Crippen LogP contribution in [0.2, 0.25) is 0 Å². The van der Waals surface area contributed by atoms with Gasteiger partial charge in [-0.15, -0.1) is 11.3 Å². The molecular weight excluding hydrogens is 345 g/mol. The molecule has 106 valence electrons. The van der Waals surface area contributed by atoms with E-state index in [1.54, 1.807) is 25.1 Å². The lowest BCUT2D eigenvalue weighted by molar-refractivity contribution is -0.144. The minimum Gasteiger partial charge on any atom is -0.464 e. The van der Waals surface area contributed by atoms with Gasteiger partial charge in [-0.05, 0) is 41.1 Å². The van der Waals surface area contributed by atoms with E-state index in [-0.39, 0.29) is 12.3 Å². The second-order valence-corrected chi connectivity index (χ2v) is 5.84. The number of carbonyl (C=O) groups is 1. The van der Waals surface area contributed by atoms with Crippen LogP contribution in [0.3, 0.4) is 0 Å². The number of nitrogens with one attached hydrogen (secondary N) is 1. The number of rotatable bonds is 5. The zero-order valence-corrected chi connectivity index (χ0v) is 13.1. The lowest BCUT2D eigenvalue weighted by atomic mass is 10.2. The fourth-order valence-electron chi connectivity index (χ4n) is 1.69. The minimum atomic E-state index is -0.719. The summed E-state index contributed by atoms with van der Waals surface area (Å²) in [4.78, 5) is 12.8. The number of para-hydroxylation sites is 1. The number of anilines is 1. The third-order valence-corrected chi connectivity index (χ3v) is 4.33. The molecule has 0 radical (unpaired) electrons. The van der Waals surface area contributed by atoms with Crippen LogP contribution in [0.1, 0.15) is 17.8 Å².